The number of benzene rings is 1. The van der Waals surface area contributed by atoms with Crippen LogP contribution in [-0.4, -0.2) is 66.5 Å². The number of rotatable bonds is 8. The molecular formula is C26H32ClN7O3. The molecule has 2 bridgehead atoms. The highest BCUT2D eigenvalue weighted by Crippen LogP contribution is 2.45. The first-order valence-electron chi connectivity index (χ1n) is 12.5. The SMILES string of the molecule is CNC(=O)CN1CCc2cc(Nc3ncc(Cl)c(N[C@@H]4[C@H](C(N)=O)[C@H]5C=C[C@@H]4C5)n3)c(OC)cc2CC1. The van der Waals surface area contributed by atoms with Crippen LogP contribution < -0.4 is 26.4 Å². The van der Waals surface area contributed by atoms with Gasteiger partial charge in [0.25, 0.3) is 0 Å². The molecule has 11 heteroatoms. The number of halogens is 1. The second-order valence-corrected chi connectivity index (χ2v) is 10.2. The van der Waals surface area contributed by atoms with Crippen LogP contribution in [0.5, 0.6) is 5.75 Å². The minimum absolute atomic E-state index is 0.0128. The molecule has 1 saturated carbocycles. The van der Waals surface area contributed by atoms with E-state index in [0.717, 1.165) is 38.0 Å². The van der Waals surface area contributed by atoms with E-state index >= 15 is 0 Å². The molecule has 1 aliphatic heterocycles. The molecule has 0 spiro atoms. The summed E-state index contributed by atoms with van der Waals surface area (Å²) in [6, 6.07) is 3.94. The average molecular weight is 526 g/mol. The molecule has 1 aromatic carbocycles. The van der Waals surface area contributed by atoms with Crippen molar-refractivity contribution in [2.75, 3.05) is 44.4 Å². The Morgan fingerprint density at radius 2 is 1.92 bits per heavy atom. The van der Waals surface area contributed by atoms with E-state index in [2.05, 4.69) is 49.0 Å². The maximum atomic E-state index is 12.1. The third-order valence-corrected chi connectivity index (χ3v) is 7.92. The zero-order valence-electron chi connectivity index (χ0n) is 21.0. The van der Waals surface area contributed by atoms with E-state index in [0.29, 0.717) is 29.1 Å². The molecule has 3 aliphatic rings. The molecule has 2 aliphatic carbocycles. The van der Waals surface area contributed by atoms with Gasteiger partial charge in [0.15, 0.2) is 5.82 Å². The monoisotopic (exact) mass is 525 g/mol. The third kappa shape index (κ3) is 5.21. The van der Waals surface area contributed by atoms with Crippen LogP contribution in [0.3, 0.4) is 0 Å². The first kappa shape index (κ1) is 25.3. The normalized spacial score (nSPS) is 24.3. The van der Waals surface area contributed by atoms with E-state index in [1.807, 2.05) is 6.07 Å². The molecule has 0 radical (unpaired) electrons. The predicted molar refractivity (Wildman–Crippen MR) is 142 cm³/mol. The van der Waals surface area contributed by atoms with E-state index in [1.54, 1.807) is 14.2 Å². The quantitative estimate of drug-likeness (QED) is 0.385. The van der Waals surface area contributed by atoms with Gasteiger partial charge in [0.1, 0.15) is 10.8 Å². The van der Waals surface area contributed by atoms with Crippen molar-refractivity contribution in [3.05, 3.63) is 46.6 Å². The van der Waals surface area contributed by atoms with Crippen LogP contribution in [0.4, 0.5) is 17.5 Å². The number of allylic oxidation sites excluding steroid dienone is 1. The molecule has 2 aromatic rings. The second kappa shape index (κ2) is 10.5. The Hall–Kier alpha value is -3.37. The Kier molecular flexibility index (Phi) is 7.21. The molecule has 5 rings (SSSR count). The number of primary amides is 1. The lowest BCUT2D eigenvalue weighted by Gasteiger charge is -2.27. The fourth-order valence-electron chi connectivity index (χ4n) is 5.72. The fraction of sp³-hybridized carbons (Fsp3) is 0.462. The number of fused-ring (bicyclic) bond motifs is 3. The number of carbonyl (C=O) groups excluding carboxylic acids is 2. The summed E-state index contributed by atoms with van der Waals surface area (Å²) < 4.78 is 5.67. The number of methoxy groups -OCH3 is 1. The molecule has 10 nitrogen and oxygen atoms in total. The van der Waals surface area contributed by atoms with Crippen LogP contribution in [0.2, 0.25) is 5.02 Å². The van der Waals surface area contributed by atoms with Crippen molar-refractivity contribution in [1.29, 1.82) is 0 Å². The summed E-state index contributed by atoms with van der Waals surface area (Å²) in [5, 5.41) is 9.70. The summed E-state index contributed by atoms with van der Waals surface area (Å²) >= 11 is 6.43. The summed E-state index contributed by atoms with van der Waals surface area (Å²) in [6.45, 7) is 1.98. The van der Waals surface area contributed by atoms with Crippen LogP contribution in [0, 0.1) is 17.8 Å². The molecule has 1 aromatic heterocycles. The first-order chi connectivity index (χ1) is 17.9. The summed E-state index contributed by atoms with van der Waals surface area (Å²) in [7, 11) is 3.28. The summed E-state index contributed by atoms with van der Waals surface area (Å²) in [6.07, 6.45) is 8.28. The van der Waals surface area contributed by atoms with Gasteiger partial charge in [-0.2, -0.15) is 4.98 Å². The maximum absolute atomic E-state index is 12.1. The van der Waals surface area contributed by atoms with Crippen LogP contribution in [-0.2, 0) is 22.4 Å². The van der Waals surface area contributed by atoms with Gasteiger partial charge in [-0.15, -0.1) is 0 Å². The van der Waals surface area contributed by atoms with Crippen LogP contribution >= 0.6 is 11.6 Å². The Labute approximate surface area is 221 Å². The first-order valence-corrected chi connectivity index (χ1v) is 12.9. The average Bonchev–Trinajstić information content (AvgIpc) is 3.44. The number of hydrogen-bond donors (Lipinski definition) is 4. The predicted octanol–water partition coefficient (Wildman–Crippen LogP) is 2.12. The number of likely N-dealkylation sites (N-methyl/N-ethyl adjacent to an activating group) is 1. The molecule has 1 fully saturated rings. The number of carbonyl (C=O) groups is 2. The maximum Gasteiger partial charge on any atom is 0.233 e. The Balaban J connectivity index is 1.35. The summed E-state index contributed by atoms with van der Waals surface area (Å²) in [4.78, 5) is 35.1. The van der Waals surface area contributed by atoms with Crippen molar-refractivity contribution in [1.82, 2.24) is 20.2 Å². The van der Waals surface area contributed by atoms with Gasteiger partial charge in [-0.25, -0.2) is 4.98 Å². The van der Waals surface area contributed by atoms with Gasteiger partial charge < -0.3 is 26.4 Å². The fourth-order valence-corrected chi connectivity index (χ4v) is 5.87. The van der Waals surface area contributed by atoms with Crippen LogP contribution in [0.15, 0.2) is 30.5 Å². The smallest absolute Gasteiger partial charge is 0.233 e. The molecule has 37 heavy (non-hydrogen) atoms. The number of nitrogens with two attached hydrogens (primary N) is 1. The van der Waals surface area contributed by atoms with Gasteiger partial charge in [-0.3, -0.25) is 14.5 Å². The highest BCUT2D eigenvalue weighted by atomic mass is 35.5. The van der Waals surface area contributed by atoms with Gasteiger partial charge in [-0.1, -0.05) is 23.8 Å². The number of ether oxygens (including phenoxy) is 1. The van der Waals surface area contributed by atoms with Crippen molar-refractivity contribution in [2.45, 2.75) is 25.3 Å². The Morgan fingerprint density at radius 1 is 1.19 bits per heavy atom. The standard InChI is InChI=1S/C26H32ClN7O3/c1-29-21(35)13-34-7-5-14-10-19(20(37-2)11-15(14)6-8-34)31-26-30-12-18(27)25(33-26)32-23-17-4-3-16(9-17)22(23)24(28)36/h3-4,10-12,16-17,22-23H,5-9,13H2,1-2H3,(H2,28,36)(H,29,35)(H2,30,31,32,33)/t16-,17+,22+,23-/m0/s1. The van der Waals surface area contributed by atoms with Gasteiger partial charge in [0, 0.05) is 26.2 Å². The highest BCUT2D eigenvalue weighted by Gasteiger charge is 2.47. The molecule has 5 N–H and O–H groups in total. The number of nitrogens with zero attached hydrogens (tertiary/aromatic N) is 3. The topological polar surface area (TPSA) is 134 Å². The number of hydrogen-bond acceptors (Lipinski definition) is 8. The molecular weight excluding hydrogens is 494 g/mol. The zero-order valence-corrected chi connectivity index (χ0v) is 21.7. The van der Waals surface area contributed by atoms with Gasteiger partial charge in [-0.05, 0) is 54.4 Å². The molecule has 4 atom stereocenters. The van der Waals surface area contributed by atoms with Gasteiger partial charge in [0.2, 0.25) is 17.8 Å². The van der Waals surface area contributed by atoms with E-state index in [-0.39, 0.29) is 35.6 Å². The van der Waals surface area contributed by atoms with Crippen molar-refractivity contribution in [3.63, 3.8) is 0 Å². The largest absolute Gasteiger partial charge is 0.495 e. The Bertz CT molecular complexity index is 1240. The molecule has 2 heterocycles. The van der Waals surface area contributed by atoms with Crippen molar-refractivity contribution < 1.29 is 14.3 Å². The second-order valence-electron chi connectivity index (χ2n) is 9.83. The van der Waals surface area contributed by atoms with Crippen molar-refractivity contribution >= 4 is 40.9 Å². The van der Waals surface area contributed by atoms with Crippen molar-refractivity contribution in [2.24, 2.45) is 23.5 Å². The Morgan fingerprint density at radius 3 is 2.62 bits per heavy atom. The van der Waals surface area contributed by atoms with E-state index in [1.165, 1.54) is 17.3 Å². The third-order valence-electron chi connectivity index (χ3n) is 7.64. The number of aromatic nitrogens is 2. The zero-order chi connectivity index (χ0) is 26.1. The lowest BCUT2D eigenvalue weighted by Crippen LogP contribution is -2.41. The lowest BCUT2D eigenvalue weighted by atomic mass is 9.88. The number of nitrogens with one attached hydrogen (secondary N) is 3. The van der Waals surface area contributed by atoms with E-state index < -0.39 is 0 Å². The van der Waals surface area contributed by atoms with Crippen LogP contribution in [0.25, 0.3) is 0 Å². The molecule has 0 unspecified atom stereocenters. The summed E-state index contributed by atoms with van der Waals surface area (Å²) in [5.74, 6) is 1.24. The van der Waals surface area contributed by atoms with Crippen molar-refractivity contribution in [3.8, 4) is 5.75 Å². The summed E-state index contributed by atoms with van der Waals surface area (Å²) in [5.41, 5.74) is 8.84. The van der Waals surface area contributed by atoms with Gasteiger partial charge >= 0.3 is 0 Å². The van der Waals surface area contributed by atoms with E-state index in [9.17, 15) is 9.59 Å². The lowest BCUT2D eigenvalue weighted by molar-refractivity contribution is -0.123. The molecule has 0 saturated heterocycles. The minimum atomic E-state index is -0.318. The molecule has 196 valence electrons. The number of anilines is 3. The van der Waals surface area contributed by atoms with Gasteiger partial charge in [0.05, 0.1) is 31.5 Å². The molecule has 2 amide bonds. The highest BCUT2D eigenvalue weighted by molar-refractivity contribution is 6.32. The minimum Gasteiger partial charge on any atom is -0.495 e. The van der Waals surface area contributed by atoms with Crippen LogP contribution in [0.1, 0.15) is 17.5 Å². The number of amides is 2. The van der Waals surface area contributed by atoms with E-state index in [4.69, 9.17) is 22.1 Å².